The summed E-state index contributed by atoms with van der Waals surface area (Å²) in [6.45, 7) is 3.35. The topological polar surface area (TPSA) is 21.3 Å². The summed E-state index contributed by atoms with van der Waals surface area (Å²) in [5.74, 6) is 2.33. The second kappa shape index (κ2) is 7.81. The number of ether oxygens (including phenoxy) is 1. The van der Waals surface area contributed by atoms with Crippen molar-refractivity contribution in [2.75, 3.05) is 19.4 Å². The molecule has 0 spiro atoms. The molecule has 1 aromatic carbocycles. The van der Waals surface area contributed by atoms with Gasteiger partial charge in [0, 0.05) is 23.4 Å². The van der Waals surface area contributed by atoms with Gasteiger partial charge in [0.05, 0.1) is 7.11 Å². The zero-order chi connectivity index (χ0) is 13.5. The lowest BCUT2D eigenvalue weighted by atomic mass is 10.0. The molecule has 0 saturated carbocycles. The highest BCUT2D eigenvalue weighted by Gasteiger charge is 2.18. The molecule has 3 heteroatoms. The van der Waals surface area contributed by atoms with Crippen molar-refractivity contribution in [2.24, 2.45) is 0 Å². The van der Waals surface area contributed by atoms with Gasteiger partial charge >= 0.3 is 0 Å². The fourth-order valence-corrected chi connectivity index (χ4v) is 3.92. The molecule has 2 nitrogen and oxygen atoms in total. The van der Waals surface area contributed by atoms with Crippen LogP contribution in [0.25, 0.3) is 0 Å². The molecular formula is C16H25NOS. The van der Waals surface area contributed by atoms with Crippen LogP contribution in [-0.4, -0.2) is 24.7 Å². The monoisotopic (exact) mass is 279 g/mol. The number of para-hydroxylation sites is 1. The Kier molecular flexibility index (Phi) is 6.05. The highest BCUT2D eigenvalue weighted by atomic mass is 32.2. The van der Waals surface area contributed by atoms with E-state index >= 15 is 0 Å². The maximum Gasteiger partial charge on any atom is 0.123 e. The predicted octanol–water partition coefficient (Wildman–Crippen LogP) is 4.02. The molecule has 0 amide bonds. The summed E-state index contributed by atoms with van der Waals surface area (Å²) in [4.78, 5) is 0. The highest BCUT2D eigenvalue weighted by Crippen LogP contribution is 2.29. The molecule has 1 aliphatic rings. The first kappa shape index (κ1) is 14.7. The van der Waals surface area contributed by atoms with Crippen LogP contribution in [0.5, 0.6) is 5.75 Å². The number of thioether (sulfide) groups is 1. The van der Waals surface area contributed by atoms with Crippen LogP contribution in [0.2, 0.25) is 0 Å². The van der Waals surface area contributed by atoms with Gasteiger partial charge < -0.3 is 10.1 Å². The van der Waals surface area contributed by atoms with Crippen molar-refractivity contribution in [3.8, 4) is 5.75 Å². The molecule has 1 fully saturated rings. The average Bonchev–Trinajstić information content (AvgIpc) is 2.49. The second-order valence-corrected chi connectivity index (χ2v) is 6.51. The Morgan fingerprint density at radius 3 is 2.89 bits per heavy atom. The summed E-state index contributed by atoms with van der Waals surface area (Å²) < 4.78 is 5.47. The van der Waals surface area contributed by atoms with Gasteiger partial charge in [-0.2, -0.15) is 11.8 Å². The molecule has 19 heavy (non-hydrogen) atoms. The Morgan fingerprint density at radius 2 is 2.21 bits per heavy atom. The molecule has 2 unspecified atom stereocenters. The summed E-state index contributed by atoms with van der Waals surface area (Å²) in [5.41, 5.74) is 1.29. The van der Waals surface area contributed by atoms with Crippen molar-refractivity contribution in [3.05, 3.63) is 29.8 Å². The van der Waals surface area contributed by atoms with Crippen LogP contribution in [0.4, 0.5) is 0 Å². The standard InChI is InChI=1S/C16H25NOS/c1-3-15(14-9-4-5-10-16(14)18-2)17-12-13-8-6-7-11-19-13/h4-5,9-10,13,15,17H,3,6-8,11-12H2,1-2H3. The number of rotatable bonds is 6. The van der Waals surface area contributed by atoms with Gasteiger partial charge in [0.25, 0.3) is 0 Å². The van der Waals surface area contributed by atoms with E-state index in [1.165, 1.54) is 30.6 Å². The molecular weight excluding hydrogens is 254 g/mol. The minimum Gasteiger partial charge on any atom is -0.496 e. The smallest absolute Gasteiger partial charge is 0.123 e. The molecule has 1 saturated heterocycles. The normalized spacial score (nSPS) is 21.1. The van der Waals surface area contributed by atoms with Crippen LogP contribution >= 0.6 is 11.8 Å². The largest absolute Gasteiger partial charge is 0.496 e. The zero-order valence-electron chi connectivity index (χ0n) is 12.0. The van der Waals surface area contributed by atoms with Gasteiger partial charge in [-0.1, -0.05) is 31.5 Å². The van der Waals surface area contributed by atoms with E-state index in [0.717, 1.165) is 24.0 Å². The Hall–Kier alpha value is -0.670. The maximum absolute atomic E-state index is 5.47. The summed E-state index contributed by atoms with van der Waals surface area (Å²) in [6.07, 6.45) is 5.24. The molecule has 0 aromatic heterocycles. The first-order chi connectivity index (χ1) is 9.35. The van der Waals surface area contributed by atoms with E-state index in [9.17, 15) is 0 Å². The fraction of sp³-hybridized carbons (Fsp3) is 0.625. The summed E-state index contributed by atoms with van der Waals surface area (Å²) in [5, 5.41) is 4.52. The third-order valence-electron chi connectivity index (χ3n) is 3.79. The van der Waals surface area contributed by atoms with Crippen LogP contribution in [0.1, 0.15) is 44.2 Å². The van der Waals surface area contributed by atoms with E-state index < -0.39 is 0 Å². The zero-order valence-corrected chi connectivity index (χ0v) is 12.8. The number of benzene rings is 1. The minimum atomic E-state index is 0.402. The molecule has 2 rings (SSSR count). The maximum atomic E-state index is 5.47. The lowest BCUT2D eigenvalue weighted by Crippen LogP contribution is -2.30. The van der Waals surface area contributed by atoms with Crippen molar-refractivity contribution in [1.29, 1.82) is 0 Å². The SMILES string of the molecule is CCC(NCC1CCCCS1)c1ccccc1OC. The van der Waals surface area contributed by atoms with E-state index in [2.05, 4.69) is 42.2 Å². The summed E-state index contributed by atoms with van der Waals surface area (Å²) in [6, 6.07) is 8.76. The van der Waals surface area contributed by atoms with Gasteiger partial charge in [0.15, 0.2) is 0 Å². The van der Waals surface area contributed by atoms with Crippen LogP contribution in [0.15, 0.2) is 24.3 Å². The highest BCUT2D eigenvalue weighted by molar-refractivity contribution is 7.99. The van der Waals surface area contributed by atoms with E-state index in [-0.39, 0.29) is 0 Å². The molecule has 0 aliphatic carbocycles. The number of hydrogen-bond donors (Lipinski definition) is 1. The van der Waals surface area contributed by atoms with E-state index in [0.29, 0.717) is 6.04 Å². The van der Waals surface area contributed by atoms with E-state index in [1.807, 2.05) is 6.07 Å². The van der Waals surface area contributed by atoms with Crippen molar-refractivity contribution >= 4 is 11.8 Å². The molecule has 1 aliphatic heterocycles. The number of methoxy groups -OCH3 is 1. The summed E-state index contributed by atoms with van der Waals surface area (Å²) in [7, 11) is 1.75. The third kappa shape index (κ3) is 4.15. The minimum absolute atomic E-state index is 0.402. The van der Waals surface area contributed by atoms with Gasteiger partial charge in [-0.3, -0.25) is 0 Å². The first-order valence-electron chi connectivity index (χ1n) is 7.33. The van der Waals surface area contributed by atoms with Crippen LogP contribution in [0.3, 0.4) is 0 Å². The summed E-state index contributed by atoms with van der Waals surface area (Å²) >= 11 is 2.13. The molecule has 1 aromatic rings. The molecule has 0 bridgehead atoms. The fourth-order valence-electron chi connectivity index (χ4n) is 2.67. The van der Waals surface area contributed by atoms with Crippen LogP contribution in [-0.2, 0) is 0 Å². The number of nitrogens with one attached hydrogen (secondary N) is 1. The first-order valence-corrected chi connectivity index (χ1v) is 8.38. The van der Waals surface area contributed by atoms with Crippen molar-refractivity contribution in [1.82, 2.24) is 5.32 Å². The lowest BCUT2D eigenvalue weighted by molar-refractivity contribution is 0.396. The van der Waals surface area contributed by atoms with E-state index in [1.54, 1.807) is 7.11 Å². The average molecular weight is 279 g/mol. The Morgan fingerprint density at radius 1 is 1.37 bits per heavy atom. The predicted molar refractivity (Wildman–Crippen MR) is 84.1 cm³/mol. The van der Waals surface area contributed by atoms with Gasteiger partial charge in [-0.05, 0) is 31.1 Å². The lowest BCUT2D eigenvalue weighted by Gasteiger charge is -2.25. The van der Waals surface area contributed by atoms with Crippen LogP contribution in [0, 0.1) is 0 Å². The Bertz CT molecular complexity index is 377. The van der Waals surface area contributed by atoms with Crippen molar-refractivity contribution < 1.29 is 4.74 Å². The van der Waals surface area contributed by atoms with Crippen molar-refractivity contribution in [3.63, 3.8) is 0 Å². The quantitative estimate of drug-likeness (QED) is 0.849. The van der Waals surface area contributed by atoms with Gasteiger partial charge in [0.2, 0.25) is 0 Å². The van der Waals surface area contributed by atoms with Gasteiger partial charge in [-0.15, -0.1) is 0 Å². The Labute approximate surface area is 121 Å². The van der Waals surface area contributed by atoms with Crippen molar-refractivity contribution in [2.45, 2.75) is 43.9 Å². The van der Waals surface area contributed by atoms with Gasteiger partial charge in [-0.25, -0.2) is 0 Å². The third-order valence-corrected chi connectivity index (χ3v) is 5.19. The Balaban J connectivity index is 1.95. The van der Waals surface area contributed by atoms with Crippen LogP contribution < -0.4 is 10.1 Å². The molecule has 2 atom stereocenters. The molecule has 1 heterocycles. The number of hydrogen-bond acceptors (Lipinski definition) is 3. The molecule has 0 radical (unpaired) electrons. The molecule has 1 N–H and O–H groups in total. The molecule has 106 valence electrons. The second-order valence-electron chi connectivity index (χ2n) is 5.10. The van der Waals surface area contributed by atoms with E-state index in [4.69, 9.17) is 4.74 Å². The van der Waals surface area contributed by atoms with Gasteiger partial charge in [0.1, 0.15) is 5.75 Å².